The first-order valence-corrected chi connectivity index (χ1v) is 5.36. The average molecular weight is 185 g/mol. The Morgan fingerprint density at radius 1 is 1.14 bits per heavy atom. The van der Waals surface area contributed by atoms with Crippen molar-refractivity contribution in [2.45, 2.75) is 31.6 Å². The predicted octanol–water partition coefficient (Wildman–Crippen LogP) is 3.48. The quantitative estimate of drug-likeness (QED) is 0.692. The van der Waals surface area contributed by atoms with Gasteiger partial charge in [0, 0.05) is 0 Å². The van der Waals surface area contributed by atoms with Crippen LogP contribution in [0.25, 0.3) is 0 Å². The fraction of sp³-hybridized carbons (Fsp3) is 0.462. The highest BCUT2D eigenvalue weighted by Crippen LogP contribution is 2.36. The third-order valence-corrected chi connectivity index (χ3v) is 3.17. The summed E-state index contributed by atoms with van der Waals surface area (Å²) in [4.78, 5) is 0. The van der Waals surface area contributed by atoms with Crippen LogP contribution in [0.1, 0.15) is 37.2 Å². The van der Waals surface area contributed by atoms with Crippen LogP contribution in [-0.4, -0.2) is 0 Å². The van der Waals surface area contributed by atoms with Crippen molar-refractivity contribution in [1.29, 1.82) is 5.26 Å². The summed E-state index contributed by atoms with van der Waals surface area (Å²) in [5.41, 5.74) is 1.20. The second kappa shape index (κ2) is 4.28. The summed E-state index contributed by atoms with van der Waals surface area (Å²) in [6, 6.07) is 12.7. The summed E-state index contributed by atoms with van der Waals surface area (Å²) >= 11 is 0. The van der Waals surface area contributed by atoms with E-state index in [9.17, 15) is 5.26 Å². The number of hydrogen-bond acceptors (Lipinski definition) is 1. The molecule has 1 saturated carbocycles. The number of hydrogen-bond donors (Lipinski definition) is 0. The van der Waals surface area contributed by atoms with Crippen LogP contribution in [-0.2, 0) is 0 Å². The molecule has 0 radical (unpaired) electrons. The fourth-order valence-electron chi connectivity index (χ4n) is 2.40. The van der Waals surface area contributed by atoms with Crippen LogP contribution in [0.3, 0.4) is 0 Å². The lowest BCUT2D eigenvalue weighted by Crippen LogP contribution is -2.07. The van der Waals surface area contributed by atoms with Crippen molar-refractivity contribution in [2.24, 2.45) is 5.92 Å². The van der Waals surface area contributed by atoms with E-state index in [0.29, 0.717) is 5.92 Å². The lowest BCUT2D eigenvalue weighted by molar-refractivity contribution is 0.501. The van der Waals surface area contributed by atoms with Gasteiger partial charge in [-0.3, -0.25) is 0 Å². The second-order valence-corrected chi connectivity index (χ2v) is 4.06. The van der Waals surface area contributed by atoms with E-state index >= 15 is 0 Å². The molecule has 1 aromatic carbocycles. The highest BCUT2D eigenvalue weighted by atomic mass is 14.3. The Morgan fingerprint density at radius 2 is 1.79 bits per heavy atom. The molecule has 1 nitrogen and oxygen atoms in total. The van der Waals surface area contributed by atoms with E-state index in [4.69, 9.17) is 0 Å². The SMILES string of the molecule is N#C[C@H](c1ccccc1)C1CCCC1. The zero-order chi connectivity index (χ0) is 9.80. The van der Waals surface area contributed by atoms with Crippen molar-refractivity contribution in [3.63, 3.8) is 0 Å². The van der Waals surface area contributed by atoms with E-state index in [1.807, 2.05) is 18.2 Å². The third kappa shape index (κ3) is 1.80. The molecular weight excluding hydrogens is 170 g/mol. The zero-order valence-corrected chi connectivity index (χ0v) is 8.32. The minimum Gasteiger partial charge on any atom is -0.198 e. The summed E-state index contributed by atoms with van der Waals surface area (Å²) in [5, 5.41) is 9.19. The summed E-state index contributed by atoms with van der Waals surface area (Å²) in [7, 11) is 0. The first-order valence-electron chi connectivity index (χ1n) is 5.36. The van der Waals surface area contributed by atoms with E-state index in [2.05, 4.69) is 18.2 Å². The Labute approximate surface area is 85.4 Å². The Balaban J connectivity index is 2.18. The molecule has 0 heterocycles. The molecule has 1 aromatic rings. The van der Waals surface area contributed by atoms with Crippen LogP contribution in [0, 0.1) is 17.2 Å². The minimum absolute atomic E-state index is 0.124. The molecule has 1 heteroatoms. The second-order valence-electron chi connectivity index (χ2n) is 4.06. The van der Waals surface area contributed by atoms with Crippen molar-refractivity contribution in [2.75, 3.05) is 0 Å². The van der Waals surface area contributed by atoms with E-state index in [0.717, 1.165) is 0 Å². The maximum atomic E-state index is 9.19. The maximum absolute atomic E-state index is 9.19. The Morgan fingerprint density at radius 3 is 2.36 bits per heavy atom. The van der Waals surface area contributed by atoms with E-state index in [-0.39, 0.29) is 5.92 Å². The topological polar surface area (TPSA) is 23.8 Å². The Hall–Kier alpha value is -1.29. The van der Waals surface area contributed by atoms with Crippen LogP contribution in [0.4, 0.5) is 0 Å². The molecule has 1 aliphatic rings. The van der Waals surface area contributed by atoms with Gasteiger partial charge in [0.25, 0.3) is 0 Å². The molecular formula is C13H15N. The molecule has 0 spiro atoms. The molecule has 1 aliphatic carbocycles. The first-order chi connectivity index (χ1) is 6.92. The lowest BCUT2D eigenvalue weighted by Gasteiger charge is -2.16. The Kier molecular flexibility index (Phi) is 2.84. The van der Waals surface area contributed by atoms with Crippen molar-refractivity contribution in [3.8, 4) is 6.07 Å². The van der Waals surface area contributed by atoms with Gasteiger partial charge in [0.15, 0.2) is 0 Å². The summed E-state index contributed by atoms with van der Waals surface area (Å²) < 4.78 is 0. The molecule has 0 aliphatic heterocycles. The van der Waals surface area contributed by atoms with Gasteiger partial charge in [-0.05, 0) is 24.3 Å². The molecule has 1 atom stereocenters. The van der Waals surface area contributed by atoms with Crippen LogP contribution in [0.15, 0.2) is 30.3 Å². The minimum atomic E-state index is 0.124. The standard InChI is InChI=1S/C13H15N/c14-10-13(12-8-4-5-9-12)11-6-2-1-3-7-11/h1-3,6-7,12-13H,4-5,8-9H2/t13-/m1/s1. The molecule has 72 valence electrons. The van der Waals surface area contributed by atoms with Gasteiger partial charge in [-0.25, -0.2) is 0 Å². The Bertz CT molecular complexity index is 317. The number of nitriles is 1. The van der Waals surface area contributed by atoms with E-state index in [1.165, 1.54) is 31.2 Å². The van der Waals surface area contributed by atoms with Gasteiger partial charge < -0.3 is 0 Å². The van der Waals surface area contributed by atoms with Crippen molar-refractivity contribution in [3.05, 3.63) is 35.9 Å². The van der Waals surface area contributed by atoms with Crippen LogP contribution in [0.5, 0.6) is 0 Å². The highest BCUT2D eigenvalue weighted by Gasteiger charge is 2.25. The molecule has 2 rings (SSSR count). The zero-order valence-electron chi connectivity index (χ0n) is 8.32. The summed E-state index contributed by atoms with van der Waals surface area (Å²) in [5.74, 6) is 0.723. The van der Waals surface area contributed by atoms with Gasteiger partial charge in [-0.1, -0.05) is 43.2 Å². The van der Waals surface area contributed by atoms with Crippen molar-refractivity contribution in [1.82, 2.24) is 0 Å². The summed E-state index contributed by atoms with van der Waals surface area (Å²) in [6.45, 7) is 0. The number of benzene rings is 1. The van der Waals surface area contributed by atoms with Gasteiger partial charge in [0.1, 0.15) is 0 Å². The van der Waals surface area contributed by atoms with Gasteiger partial charge >= 0.3 is 0 Å². The van der Waals surface area contributed by atoms with E-state index in [1.54, 1.807) is 0 Å². The highest BCUT2D eigenvalue weighted by molar-refractivity contribution is 5.25. The predicted molar refractivity (Wildman–Crippen MR) is 56.8 cm³/mol. The largest absolute Gasteiger partial charge is 0.198 e. The number of nitrogens with zero attached hydrogens (tertiary/aromatic N) is 1. The normalized spacial score (nSPS) is 19.1. The molecule has 0 saturated heterocycles. The van der Waals surface area contributed by atoms with Crippen molar-refractivity contribution >= 4 is 0 Å². The van der Waals surface area contributed by atoms with Crippen LogP contribution < -0.4 is 0 Å². The van der Waals surface area contributed by atoms with Gasteiger partial charge in [0.05, 0.1) is 12.0 Å². The fourth-order valence-corrected chi connectivity index (χ4v) is 2.40. The van der Waals surface area contributed by atoms with E-state index < -0.39 is 0 Å². The monoisotopic (exact) mass is 185 g/mol. The maximum Gasteiger partial charge on any atom is 0.0740 e. The van der Waals surface area contributed by atoms with Crippen LogP contribution >= 0.6 is 0 Å². The average Bonchev–Trinajstić information content (AvgIpc) is 2.74. The van der Waals surface area contributed by atoms with Gasteiger partial charge in [-0.2, -0.15) is 5.26 Å². The van der Waals surface area contributed by atoms with Gasteiger partial charge in [0.2, 0.25) is 0 Å². The first kappa shape index (κ1) is 9.27. The molecule has 0 N–H and O–H groups in total. The molecule has 0 bridgehead atoms. The molecule has 0 amide bonds. The lowest BCUT2D eigenvalue weighted by atomic mass is 9.86. The van der Waals surface area contributed by atoms with Gasteiger partial charge in [-0.15, -0.1) is 0 Å². The smallest absolute Gasteiger partial charge is 0.0740 e. The summed E-state index contributed by atoms with van der Waals surface area (Å²) in [6.07, 6.45) is 5.06. The third-order valence-electron chi connectivity index (χ3n) is 3.17. The van der Waals surface area contributed by atoms with Crippen LogP contribution in [0.2, 0.25) is 0 Å². The molecule has 14 heavy (non-hydrogen) atoms. The molecule has 0 unspecified atom stereocenters. The van der Waals surface area contributed by atoms with Crippen molar-refractivity contribution < 1.29 is 0 Å². The molecule has 0 aromatic heterocycles. The number of rotatable bonds is 2. The molecule has 1 fully saturated rings.